The van der Waals surface area contributed by atoms with Gasteiger partial charge in [-0.1, -0.05) is 63.0 Å². The SMILES string of the molecule is CC1CN(Cc2ccccc2)CCC1c1c(F)ccc2cc([Si](C)(C)C)sc12. The van der Waals surface area contributed by atoms with Crippen molar-refractivity contribution in [3.05, 3.63) is 65.5 Å². The van der Waals surface area contributed by atoms with Gasteiger partial charge in [0.1, 0.15) is 5.82 Å². The molecule has 3 aromatic rings. The molecule has 1 nitrogen and oxygen atoms in total. The van der Waals surface area contributed by atoms with Crippen LogP contribution in [0.15, 0.2) is 48.5 Å². The van der Waals surface area contributed by atoms with Gasteiger partial charge < -0.3 is 0 Å². The molecule has 1 saturated heterocycles. The highest BCUT2D eigenvalue weighted by atomic mass is 32.1. The minimum absolute atomic E-state index is 0.00941. The Balaban J connectivity index is 1.60. The Hall–Kier alpha value is -1.49. The van der Waals surface area contributed by atoms with Crippen LogP contribution < -0.4 is 4.50 Å². The molecule has 0 bridgehead atoms. The average molecular weight is 412 g/mol. The van der Waals surface area contributed by atoms with Crippen molar-refractivity contribution in [3.8, 4) is 0 Å². The smallest absolute Gasteiger partial charge is 0.128 e. The van der Waals surface area contributed by atoms with Crippen molar-refractivity contribution in [2.45, 2.75) is 45.4 Å². The molecular weight excluding hydrogens is 381 g/mol. The van der Waals surface area contributed by atoms with Crippen LogP contribution in [0.3, 0.4) is 0 Å². The van der Waals surface area contributed by atoms with E-state index in [9.17, 15) is 0 Å². The van der Waals surface area contributed by atoms with Crippen LogP contribution in [0.5, 0.6) is 0 Å². The van der Waals surface area contributed by atoms with Gasteiger partial charge in [-0.3, -0.25) is 4.90 Å². The van der Waals surface area contributed by atoms with Gasteiger partial charge in [0.15, 0.2) is 0 Å². The molecule has 2 atom stereocenters. The van der Waals surface area contributed by atoms with Gasteiger partial charge in [0, 0.05) is 23.4 Å². The lowest BCUT2D eigenvalue weighted by Gasteiger charge is -2.37. The fourth-order valence-corrected chi connectivity index (χ4v) is 7.59. The highest BCUT2D eigenvalue weighted by molar-refractivity contribution is 7.31. The van der Waals surface area contributed by atoms with Crippen molar-refractivity contribution in [1.82, 2.24) is 4.90 Å². The zero-order chi connectivity index (χ0) is 19.9. The minimum Gasteiger partial charge on any atom is -0.299 e. The summed E-state index contributed by atoms with van der Waals surface area (Å²) in [5, 5.41) is 1.23. The van der Waals surface area contributed by atoms with E-state index in [0.717, 1.165) is 31.6 Å². The predicted molar refractivity (Wildman–Crippen MR) is 123 cm³/mol. The third kappa shape index (κ3) is 3.96. The quantitative estimate of drug-likeness (QED) is 0.461. The molecule has 2 heterocycles. The number of nitrogens with zero attached hydrogens (tertiary/aromatic N) is 1. The molecule has 0 N–H and O–H groups in total. The summed E-state index contributed by atoms with van der Waals surface area (Å²) in [4.78, 5) is 2.52. The van der Waals surface area contributed by atoms with Crippen LogP contribution >= 0.6 is 11.3 Å². The Labute approximate surface area is 173 Å². The molecule has 2 unspecified atom stereocenters. The number of fused-ring (bicyclic) bond motifs is 1. The van der Waals surface area contributed by atoms with Crippen molar-refractivity contribution in [1.29, 1.82) is 0 Å². The summed E-state index contributed by atoms with van der Waals surface area (Å²) in [5.41, 5.74) is 2.35. The maximum atomic E-state index is 15.0. The zero-order valence-corrected chi connectivity index (χ0v) is 19.2. The molecular formula is C24H30FNSSi. The van der Waals surface area contributed by atoms with E-state index >= 15 is 4.39 Å². The lowest BCUT2D eigenvalue weighted by Crippen LogP contribution is -2.38. The first-order chi connectivity index (χ1) is 13.3. The number of likely N-dealkylation sites (tertiary alicyclic amines) is 1. The number of thiophene rings is 1. The van der Waals surface area contributed by atoms with Crippen LogP contribution in [0.2, 0.25) is 19.6 Å². The van der Waals surface area contributed by atoms with Crippen LogP contribution in [0.4, 0.5) is 4.39 Å². The number of hydrogen-bond acceptors (Lipinski definition) is 2. The van der Waals surface area contributed by atoms with Crippen LogP contribution in [0.25, 0.3) is 10.1 Å². The number of halogens is 1. The molecule has 0 radical (unpaired) electrons. The molecule has 28 heavy (non-hydrogen) atoms. The zero-order valence-electron chi connectivity index (χ0n) is 17.3. The third-order valence-electron chi connectivity index (χ3n) is 6.02. The first-order valence-electron chi connectivity index (χ1n) is 10.3. The van der Waals surface area contributed by atoms with Crippen LogP contribution in [-0.2, 0) is 6.54 Å². The van der Waals surface area contributed by atoms with Gasteiger partial charge in [-0.2, -0.15) is 0 Å². The van der Waals surface area contributed by atoms with Gasteiger partial charge in [0.2, 0.25) is 0 Å². The summed E-state index contributed by atoms with van der Waals surface area (Å²) in [6.07, 6.45) is 1.03. The monoisotopic (exact) mass is 411 g/mol. The minimum atomic E-state index is -1.39. The van der Waals surface area contributed by atoms with Gasteiger partial charge in [-0.25, -0.2) is 4.39 Å². The van der Waals surface area contributed by atoms with Gasteiger partial charge in [0.25, 0.3) is 0 Å². The van der Waals surface area contributed by atoms with Gasteiger partial charge in [-0.15, -0.1) is 11.3 Å². The van der Waals surface area contributed by atoms with Crippen molar-refractivity contribution in [3.63, 3.8) is 0 Å². The summed E-state index contributed by atoms with van der Waals surface area (Å²) < 4.78 is 17.7. The number of hydrogen-bond donors (Lipinski definition) is 0. The second-order valence-corrected chi connectivity index (χ2v) is 15.8. The van der Waals surface area contributed by atoms with Crippen LogP contribution in [-0.4, -0.2) is 26.1 Å². The van der Waals surface area contributed by atoms with Crippen molar-refractivity contribution in [2.24, 2.45) is 5.92 Å². The second-order valence-electron chi connectivity index (χ2n) is 9.33. The number of rotatable bonds is 4. The molecule has 1 aliphatic rings. The molecule has 1 aliphatic heterocycles. The first kappa shape index (κ1) is 19.8. The van der Waals surface area contributed by atoms with Crippen LogP contribution in [0, 0.1) is 11.7 Å². The normalized spacial score (nSPS) is 21.3. The van der Waals surface area contributed by atoms with Gasteiger partial charge >= 0.3 is 0 Å². The largest absolute Gasteiger partial charge is 0.299 e. The summed E-state index contributed by atoms with van der Waals surface area (Å²) in [6.45, 7) is 12.5. The molecule has 0 amide bonds. The fraction of sp³-hybridized carbons (Fsp3) is 0.417. The predicted octanol–water partition coefficient (Wildman–Crippen LogP) is 6.21. The second kappa shape index (κ2) is 7.73. The molecule has 1 fully saturated rings. The summed E-state index contributed by atoms with van der Waals surface area (Å²) in [5.74, 6) is 0.753. The molecule has 4 heteroatoms. The molecule has 2 aromatic carbocycles. The van der Waals surface area contributed by atoms with Crippen molar-refractivity contribution in [2.75, 3.05) is 13.1 Å². The lowest BCUT2D eigenvalue weighted by molar-refractivity contribution is 0.155. The Bertz CT molecular complexity index is 960. The highest BCUT2D eigenvalue weighted by Crippen LogP contribution is 2.40. The molecule has 1 aromatic heterocycles. The number of benzene rings is 2. The molecule has 0 aliphatic carbocycles. The van der Waals surface area contributed by atoms with E-state index < -0.39 is 8.07 Å². The van der Waals surface area contributed by atoms with E-state index in [1.165, 1.54) is 20.2 Å². The van der Waals surface area contributed by atoms with E-state index in [4.69, 9.17) is 0 Å². The Morgan fingerprint density at radius 3 is 2.54 bits per heavy atom. The van der Waals surface area contributed by atoms with Gasteiger partial charge in [0.05, 0.1) is 8.07 Å². The third-order valence-corrected chi connectivity index (χ3v) is 10.8. The Morgan fingerprint density at radius 1 is 1.11 bits per heavy atom. The van der Waals surface area contributed by atoms with E-state index in [0.29, 0.717) is 11.8 Å². The molecule has 0 saturated carbocycles. The standard InChI is InChI=1S/C24H30FNSSi/c1-17-15-26(16-18-8-6-5-7-9-18)13-12-20(17)23-21(25)11-10-19-14-22(27-24(19)23)28(2,3)4/h5-11,14,17,20H,12-13,15-16H2,1-4H3. The average Bonchev–Trinajstić information content (AvgIpc) is 3.08. The van der Waals surface area contributed by atoms with E-state index in [1.54, 1.807) is 6.07 Å². The Kier molecular flexibility index (Phi) is 5.47. The molecule has 148 valence electrons. The molecule has 0 spiro atoms. The first-order valence-corrected chi connectivity index (χ1v) is 14.6. The van der Waals surface area contributed by atoms with E-state index in [1.807, 2.05) is 17.4 Å². The Morgan fingerprint density at radius 2 is 1.86 bits per heavy atom. The van der Waals surface area contributed by atoms with Crippen molar-refractivity contribution < 1.29 is 4.39 Å². The molecule has 4 rings (SSSR count). The number of piperidine rings is 1. The lowest BCUT2D eigenvalue weighted by atomic mass is 9.81. The van der Waals surface area contributed by atoms with Crippen molar-refractivity contribution >= 4 is 34.0 Å². The maximum absolute atomic E-state index is 15.0. The van der Waals surface area contributed by atoms with E-state index in [-0.39, 0.29) is 5.82 Å². The maximum Gasteiger partial charge on any atom is 0.128 e. The van der Waals surface area contributed by atoms with E-state index in [2.05, 4.69) is 67.9 Å². The summed E-state index contributed by atoms with van der Waals surface area (Å²) in [6, 6.07) is 16.7. The summed E-state index contributed by atoms with van der Waals surface area (Å²) in [7, 11) is -1.39. The summed E-state index contributed by atoms with van der Waals surface area (Å²) >= 11 is 1.85. The van der Waals surface area contributed by atoms with Gasteiger partial charge in [-0.05, 0) is 52.4 Å². The topological polar surface area (TPSA) is 3.24 Å². The van der Waals surface area contributed by atoms with Crippen LogP contribution in [0.1, 0.15) is 30.4 Å². The highest BCUT2D eigenvalue weighted by Gasteiger charge is 2.31. The fourth-order valence-electron chi connectivity index (χ4n) is 4.46.